The molecule has 1 fully saturated rings. The van der Waals surface area contributed by atoms with Crippen LogP contribution in [-0.4, -0.2) is 46.9 Å². The van der Waals surface area contributed by atoms with Crippen molar-refractivity contribution in [2.75, 3.05) is 13.1 Å². The molecule has 0 amide bonds. The Hall–Kier alpha value is -1.93. The molecule has 1 atom stereocenters. The number of ether oxygens (including phenoxy) is 1. The smallest absolute Gasteiger partial charge is 0.260 e. The molecule has 112 valence electrons. The molecule has 1 unspecified atom stereocenters. The quantitative estimate of drug-likeness (QED) is 0.908. The number of aromatic nitrogens is 3. The van der Waals surface area contributed by atoms with Gasteiger partial charge in [-0.2, -0.15) is 4.31 Å². The number of rotatable bonds is 4. The van der Waals surface area contributed by atoms with E-state index in [0.717, 1.165) is 5.69 Å². The molecule has 3 rings (SSSR count). The van der Waals surface area contributed by atoms with E-state index in [2.05, 4.69) is 15.0 Å². The first-order valence-corrected chi connectivity index (χ1v) is 8.08. The molecule has 0 aromatic carbocycles. The highest BCUT2D eigenvalue weighted by molar-refractivity contribution is 7.89. The molecule has 2 aromatic heterocycles. The molecule has 0 aliphatic carbocycles. The molecule has 1 N–H and O–H groups in total. The minimum atomic E-state index is -3.51. The average molecular weight is 308 g/mol. The Morgan fingerprint density at radius 3 is 3.00 bits per heavy atom. The first kappa shape index (κ1) is 14.0. The standard InChI is InChI=1S/C13H16N4O3S/c1-10-3-2-4-12(16-10)20-11-5-6-17(8-11)21(18,19)13-7-14-9-15-13/h2-4,7,9,11H,5-6,8H2,1H3,(H,14,15). The zero-order chi connectivity index (χ0) is 14.9. The molecule has 21 heavy (non-hydrogen) atoms. The SMILES string of the molecule is Cc1cccc(OC2CCN(S(=O)(=O)c3cnc[nH]3)C2)n1. The fraction of sp³-hybridized carbons (Fsp3) is 0.385. The molecule has 1 saturated heterocycles. The van der Waals surface area contributed by atoms with Gasteiger partial charge in [0.1, 0.15) is 6.10 Å². The minimum absolute atomic E-state index is 0.108. The van der Waals surface area contributed by atoms with Crippen LogP contribution in [0.2, 0.25) is 0 Å². The Labute approximate surface area is 123 Å². The van der Waals surface area contributed by atoms with Crippen LogP contribution in [0.15, 0.2) is 35.7 Å². The minimum Gasteiger partial charge on any atom is -0.473 e. The van der Waals surface area contributed by atoms with Gasteiger partial charge in [-0.3, -0.25) is 0 Å². The van der Waals surface area contributed by atoms with Crippen molar-refractivity contribution in [1.29, 1.82) is 0 Å². The molecule has 3 heterocycles. The number of hydrogen-bond donors (Lipinski definition) is 1. The van der Waals surface area contributed by atoms with E-state index in [-0.39, 0.29) is 11.1 Å². The van der Waals surface area contributed by atoms with Crippen LogP contribution in [-0.2, 0) is 10.0 Å². The fourth-order valence-corrected chi connectivity index (χ4v) is 3.67. The highest BCUT2D eigenvalue weighted by Gasteiger charge is 2.34. The van der Waals surface area contributed by atoms with Gasteiger partial charge < -0.3 is 9.72 Å². The van der Waals surface area contributed by atoms with Gasteiger partial charge in [0.25, 0.3) is 10.0 Å². The fourth-order valence-electron chi connectivity index (χ4n) is 2.29. The Balaban J connectivity index is 1.69. The van der Waals surface area contributed by atoms with Gasteiger partial charge in [-0.05, 0) is 19.4 Å². The summed E-state index contributed by atoms with van der Waals surface area (Å²) < 4.78 is 31.8. The van der Waals surface area contributed by atoms with E-state index in [1.807, 2.05) is 19.1 Å². The summed E-state index contributed by atoms with van der Waals surface area (Å²) in [5, 5.41) is 0.108. The van der Waals surface area contributed by atoms with E-state index in [0.29, 0.717) is 25.4 Å². The summed E-state index contributed by atoms with van der Waals surface area (Å²) in [7, 11) is -3.51. The first-order chi connectivity index (χ1) is 10.1. The third-order valence-corrected chi connectivity index (χ3v) is 5.14. The molecule has 1 aliphatic heterocycles. The molecule has 0 saturated carbocycles. The number of imidazole rings is 1. The maximum absolute atomic E-state index is 12.3. The van der Waals surface area contributed by atoms with Gasteiger partial charge in [-0.15, -0.1) is 0 Å². The van der Waals surface area contributed by atoms with Crippen molar-refractivity contribution in [2.24, 2.45) is 0 Å². The van der Waals surface area contributed by atoms with Gasteiger partial charge >= 0.3 is 0 Å². The summed E-state index contributed by atoms with van der Waals surface area (Å²) >= 11 is 0. The second kappa shape index (κ2) is 5.45. The van der Waals surface area contributed by atoms with Crippen LogP contribution in [0.3, 0.4) is 0 Å². The van der Waals surface area contributed by atoms with Crippen molar-refractivity contribution in [3.63, 3.8) is 0 Å². The lowest BCUT2D eigenvalue weighted by molar-refractivity contribution is 0.206. The third-order valence-electron chi connectivity index (χ3n) is 3.35. The van der Waals surface area contributed by atoms with Gasteiger partial charge in [-0.25, -0.2) is 18.4 Å². The number of pyridine rings is 1. The van der Waals surface area contributed by atoms with Gasteiger partial charge in [0.2, 0.25) is 5.88 Å². The number of aromatic amines is 1. The molecule has 0 radical (unpaired) electrons. The highest BCUT2D eigenvalue weighted by Crippen LogP contribution is 2.22. The zero-order valence-corrected chi connectivity index (χ0v) is 12.4. The van der Waals surface area contributed by atoms with Crippen molar-refractivity contribution in [3.05, 3.63) is 36.4 Å². The first-order valence-electron chi connectivity index (χ1n) is 6.64. The third kappa shape index (κ3) is 2.91. The maximum Gasteiger partial charge on any atom is 0.260 e. The van der Waals surface area contributed by atoms with Crippen molar-refractivity contribution < 1.29 is 13.2 Å². The van der Waals surface area contributed by atoms with Crippen molar-refractivity contribution in [3.8, 4) is 5.88 Å². The normalized spacial score (nSPS) is 19.8. The summed E-state index contributed by atoms with van der Waals surface area (Å²) in [6.07, 6.45) is 3.12. The lowest BCUT2D eigenvalue weighted by atomic mass is 10.3. The van der Waals surface area contributed by atoms with Crippen LogP contribution in [0.5, 0.6) is 5.88 Å². The Kier molecular flexibility index (Phi) is 3.64. The van der Waals surface area contributed by atoms with Gasteiger partial charge in [0.05, 0.1) is 19.1 Å². The van der Waals surface area contributed by atoms with E-state index >= 15 is 0 Å². The summed E-state index contributed by atoms with van der Waals surface area (Å²) in [6, 6.07) is 5.53. The second-order valence-electron chi connectivity index (χ2n) is 4.92. The largest absolute Gasteiger partial charge is 0.473 e. The summed E-state index contributed by atoms with van der Waals surface area (Å²) in [5.74, 6) is 0.529. The molecule has 1 aliphatic rings. The Morgan fingerprint density at radius 2 is 2.29 bits per heavy atom. The number of aryl methyl sites for hydroxylation is 1. The van der Waals surface area contributed by atoms with E-state index < -0.39 is 10.0 Å². The molecule has 7 nitrogen and oxygen atoms in total. The van der Waals surface area contributed by atoms with Gasteiger partial charge in [0, 0.05) is 18.3 Å². The molecular weight excluding hydrogens is 292 g/mol. The van der Waals surface area contributed by atoms with Crippen LogP contribution >= 0.6 is 0 Å². The van der Waals surface area contributed by atoms with E-state index in [1.165, 1.54) is 16.8 Å². The van der Waals surface area contributed by atoms with Crippen LogP contribution in [0, 0.1) is 6.92 Å². The van der Waals surface area contributed by atoms with Crippen molar-refractivity contribution >= 4 is 10.0 Å². The summed E-state index contributed by atoms with van der Waals surface area (Å²) in [4.78, 5) is 10.7. The van der Waals surface area contributed by atoms with E-state index in [1.54, 1.807) is 6.07 Å². The monoisotopic (exact) mass is 308 g/mol. The molecule has 2 aromatic rings. The number of hydrogen-bond acceptors (Lipinski definition) is 5. The van der Waals surface area contributed by atoms with E-state index in [4.69, 9.17) is 4.74 Å². The van der Waals surface area contributed by atoms with Gasteiger partial charge in [0.15, 0.2) is 5.03 Å². The second-order valence-corrected chi connectivity index (χ2v) is 6.83. The van der Waals surface area contributed by atoms with Gasteiger partial charge in [-0.1, -0.05) is 6.07 Å². The lowest BCUT2D eigenvalue weighted by Crippen LogP contribution is -2.31. The molecule has 0 spiro atoms. The van der Waals surface area contributed by atoms with Crippen LogP contribution < -0.4 is 4.74 Å². The molecule has 8 heteroatoms. The summed E-state index contributed by atoms with van der Waals surface area (Å²) in [6.45, 7) is 2.63. The van der Waals surface area contributed by atoms with E-state index in [9.17, 15) is 8.42 Å². The van der Waals surface area contributed by atoms with Crippen molar-refractivity contribution in [2.45, 2.75) is 24.5 Å². The number of nitrogens with one attached hydrogen (secondary N) is 1. The molecule has 0 bridgehead atoms. The number of nitrogens with zero attached hydrogens (tertiary/aromatic N) is 3. The topological polar surface area (TPSA) is 88.2 Å². The maximum atomic E-state index is 12.3. The summed E-state index contributed by atoms with van der Waals surface area (Å²) in [5.41, 5.74) is 0.868. The zero-order valence-electron chi connectivity index (χ0n) is 11.6. The van der Waals surface area contributed by atoms with Crippen LogP contribution in [0.1, 0.15) is 12.1 Å². The molecular formula is C13H16N4O3S. The Bertz CT molecular complexity index is 715. The lowest BCUT2D eigenvalue weighted by Gasteiger charge is -2.16. The van der Waals surface area contributed by atoms with Crippen LogP contribution in [0.25, 0.3) is 0 Å². The number of H-pyrrole nitrogens is 1. The number of sulfonamides is 1. The average Bonchev–Trinajstić information content (AvgIpc) is 3.10. The van der Waals surface area contributed by atoms with Crippen molar-refractivity contribution in [1.82, 2.24) is 19.3 Å². The predicted molar refractivity (Wildman–Crippen MR) is 75.4 cm³/mol. The Morgan fingerprint density at radius 1 is 1.43 bits per heavy atom. The van der Waals surface area contributed by atoms with Crippen LogP contribution in [0.4, 0.5) is 0 Å². The predicted octanol–water partition coefficient (Wildman–Crippen LogP) is 0.955. The highest BCUT2D eigenvalue weighted by atomic mass is 32.2.